The molecule has 2 aromatic carbocycles. The number of benzene rings is 2. The number of aromatic hydroxyl groups is 1. The van der Waals surface area contributed by atoms with Crippen molar-refractivity contribution in [3.05, 3.63) is 54.7 Å². The highest BCUT2D eigenvalue weighted by Crippen LogP contribution is 2.29. The van der Waals surface area contributed by atoms with Crippen LogP contribution in [0, 0.1) is 0 Å². The summed E-state index contributed by atoms with van der Waals surface area (Å²) in [5.74, 6) is 0.727. The standard InChI is InChI=1S/C17H13N3O2/c1-22-17-16-18-10-15(11-6-8-12(21)9-7-11)20(16)14-5-3-2-4-13(14)19-17/h2-10,21H,1H3. The summed E-state index contributed by atoms with van der Waals surface area (Å²) in [5.41, 5.74) is 4.35. The van der Waals surface area contributed by atoms with E-state index in [0.717, 1.165) is 22.3 Å². The zero-order valence-electron chi connectivity index (χ0n) is 11.9. The number of imidazole rings is 1. The second kappa shape index (κ2) is 4.73. The van der Waals surface area contributed by atoms with Gasteiger partial charge in [0.1, 0.15) is 5.75 Å². The molecule has 5 heteroatoms. The van der Waals surface area contributed by atoms with Crippen LogP contribution in [0.25, 0.3) is 27.9 Å². The number of nitrogens with zero attached hydrogens (tertiary/aromatic N) is 3. The van der Waals surface area contributed by atoms with Crippen LogP contribution in [0.15, 0.2) is 54.7 Å². The molecule has 1 N–H and O–H groups in total. The molecule has 0 unspecified atom stereocenters. The summed E-state index contributed by atoms with van der Waals surface area (Å²) in [6, 6.07) is 14.9. The Labute approximate surface area is 126 Å². The van der Waals surface area contributed by atoms with Crippen LogP contribution in [0.5, 0.6) is 11.6 Å². The highest BCUT2D eigenvalue weighted by Gasteiger charge is 2.14. The number of hydrogen-bond donors (Lipinski definition) is 1. The molecule has 0 bridgehead atoms. The zero-order valence-corrected chi connectivity index (χ0v) is 11.9. The first kappa shape index (κ1) is 12.6. The molecule has 4 aromatic rings. The molecule has 108 valence electrons. The first-order valence-corrected chi connectivity index (χ1v) is 6.87. The van der Waals surface area contributed by atoms with Crippen molar-refractivity contribution in [1.82, 2.24) is 14.4 Å². The van der Waals surface area contributed by atoms with Gasteiger partial charge in [0.15, 0.2) is 0 Å². The van der Waals surface area contributed by atoms with Crippen LogP contribution >= 0.6 is 0 Å². The van der Waals surface area contributed by atoms with Gasteiger partial charge in [0.25, 0.3) is 5.88 Å². The Morgan fingerprint density at radius 3 is 2.59 bits per heavy atom. The fraction of sp³-hybridized carbons (Fsp3) is 0.0588. The van der Waals surface area contributed by atoms with E-state index < -0.39 is 0 Å². The molecule has 0 amide bonds. The molecule has 0 saturated carbocycles. The third-order valence-electron chi connectivity index (χ3n) is 3.65. The van der Waals surface area contributed by atoms with Crippen molar-refractivity contribution < 1.29 is 9.84 Å². The molecule has 0 atom stereocenters. The number of ether oxygens (including phenoxy) is 1. The number of methoxy groups -OCH3 is 1. The summed E-state index contributed by atoms with van der Waals surface area (Å²) in [7, 11) is 1.59. The van der Waals surface area contributed by atoms with Gasteiger partial charge in [0.05, 0.1) is 30.0 Å². The van der Waals surface area contributed by atoms with Crippen LogP contribution < -0.4 is 4.74 Å². The lowest BCUT2D eigenvalue weighted by atomic mass is 10.1. The summed E-state index contributed by atoms with van der Waals surface area (Å²) in [4.78, 5) is 8.95. The van der Waals surface area contributed by atoms with Crippen molar-refractivity contribution in [3.63, 3.8) is 0 Å². The first-order valence-electron chi connectivity index (χ1n) is 6.87. The Morgan fingerprint density at radius 1 is 1.05 bits per heavy atom. The maximum atomic E-state index is 9.47. The van der Waals surface area contributed by atoms with Gasteiger partial charge in [0, 0.05) is 5.56 Å². The smallest absolute Gasteiger partial charge is 0.258 e. The largest absolute Gasteiger partial charge is 0.508 e. The minimum absolute atomic E-state index is 0.238. The van der Waals surface area contributed by atoms with E-state index >= 15 is 0 Å². The van der Waals surface area contributed by atoms with Gasteiger partial charge in [-0.15, -0.1) is 0 Å². The molecular weight excluding hydrogens is 278 g/mol. The Balaban J connectivity index is 2.12. The molecule has 0 spiro atoms. The summed E-state index contributed by atoms with van der Waals surface area (Å²) in [6.07, 6.45) is 1.79. The highest BCUT2D eigenvalue weighted by molar-refractivity contribution is 5.83. The van der Waals surface area contributed by atoms with Gasteiger partial charge in [-0.1, -0.05) is 12.1 Å². The molecule has 2 heterocycles. The molecule has 5 nitrogen and oxygen atoms in total. The zero-order chi connectivity index (χ0) is 15.1. The van der Waals surface area contributed by atoms with Gasteiger partial charge < -0.3 is 9.84 Å². The van der Waals surface area contributed by atoms with Gasteiger partial charge in [-0.2, -0.15) is 0 Å². The van der Waals surface area contributed by atoms with E-state index in [4.69, 9.17) is 4.74 Å². The normalized spacial score (nSPS) is 11.1. The number of rotatable bonds is 2. The van der Waals surface area contributed by atoms with Crippen LogP contribution in [0.4, 0.5) is 0 Å². The Kier molecular flexibility index (Phi) is 2.72. The molecule has 4 rings (SSSR count). The number of hydrogen-bond acceptors (Lipinski definition) is 4. The minimum atomic E-state index is 0.238. The second-order valence-electron chi connectivity index (χ2n) is 4.96. The number of fused-ring (bicyclic) bond motifs is 3. The Bertz CT molecular complexity index is 974. The summed E-state index contributed by atoms with van der Waals surface area (Å²) in [6.45, 7) is 0. The maximum absolute atomic E-state index is 9.47. The third-order valence-corrected chi connectivity index (χ3v) is 3.65. The Morgan fingerprint density at radius 2 is 1.82 bits per heavy atom. The Hall–Kier alpha value is -3.08. The molecule has 0 fully saturated rings. The second-order valence-corrected chi connectivity index (χ2v) is 4.96. The van der Waals surface area contributed by atoms with Gasteiger partial charge >= 0.3 is 0 Å². The van der Waals surface area contributed by atoms with Crippen molar-refractivity contribution in [2.75, 3.05) is 7.11 Å². The lowest BCUT2D eigenvalue weighted by molar-refractivity contribution is 0.402. The fourth-order valence-corrected chi connectivity index (χ4v) is 2.63. The fourth-order valence-electron chi connectivity index (χ4n) is 2.63. The molecule has 0 aliphatic carbocycles. The van der Waals surface area contributed by atoms with Crippen LogP contribution in [0.2, 0.25) is 0 Å². The average Bonchev–Trinajstić information content (AvgIpc) is 3.00. The maximum Gasteiger partial charge on any atom is 0.258 e. The van der Waals surface area contributed by atoms with Crippen LogP contribution in [0.3, 0.4) is 0 Å². The summed E-state index contributed by atoms with van der Waals surface area (Å²) >= 11 is 0. The monoisotopic (exact) mass is 291 g/mol. The molecular formula is C17H13N3O2. The predicted octanol–water partition coefficient (Wildman–Crippen LogP) is 3.26. The summed E-state index contributed by atoms with van der Waals surface area (Å²) in [5, 5.41) is 9.47. The molecule has 0 aliphatic rings. The average molecular weight is 291 g/mol. The van der Waals surface area contributed by atoms with E-state index in [9.17, 15) is 5.11 Å². The minimum Gasteiger partial charge on any atom is -0.508 e. The van der Waals surface area contributed by atoms with Crippen molar-refractivity contribution in [3.8, 4) is 22.9 Å². The van der Waals surface area contributed by atoms with Crippen molar-refractivity contribution in [2.24, 2.45) is 0 Å². The van der Waals surface area contributed by atoms with Crippen LogP contribution in [-0.2, 0) is 0 Å². The number of aromatic nitrogens is 3. The highest BCUT2D eigenvalue weighted by atomic mass is 16.5. The SMILES string of the molecule is COc1nc2ccccc2n2c(-c3ccc(O)cc3)cnc12. The van der Waals surface area contributed by atoms with Gasteiger partial charge in [-0.05, 0) is 36.4 Å². The molecule has 0 aliphatic heterocycles. The third kappa shape index (κ3) is 1.79. The topological polar surface area (TPSA) is 59.7 Å². The number of phenols is 1. The lowest BCUT2D eigenvalue weighted by Gasteiger charge is -2.09. The quantitative estimate of drug-likeness (QED) is 0.616. The number of para-hydroxylation sites is 2. The van der Waals surface area contributed by atoms with E-state index in [1.807, 2.05) is 40.8 Å². The molecule has 0 saturated heterocycles. The molecule has 22 heavy (non-hydrogen) atoms. The molecule has 2 aromatic heterocycles. The first-order chi connectivity index (χ1) is 10.8. The van der Waals surface area contributed by atoms with E-state index in [2.05, 4.69) is 9.97 Å². The number of phenolic OH excluding ortho intramolecular Hbond substituents is 1. The van der Waals surface area contributed by atoms with Gasteiger partial charge in [-0.25, -0.2) is 9.97 Å². The van der Waals surface area contributed by atoms with Crippen LogP contribution in [-0.4, -0.2) is 26.6 Å². The van der Waals surface area contributed by atoms with Crippen LogP contribution in [0.1, 0.15) is 0 Å². The van der Waals surface area contributed by atoms with Crippen molar-refractivity contribution in [2.45, 2.75) is 0 Å². The molecule has 0 radical (unpaired) electrons. The summed E-state index contributed by atoms with van der Waals surface area (Å²) < 4.78 is 7.39. The van der Waals surface area contributed by atoms with E-state index in [1.165, 1.54) is 0 Å². The predicted molar refractivity (Wildman–Crippen MR) is 84.1 cm³/mol. The van der Waals surface area contributed by atoms with E-state index in [0.29, 0.717) is 11.5 Å². The van der Waals surface area contributed by atoms with Crippen molar-refractivity contribution in [1.29, 1.82) is 0 Å². The lowest BCUT2D eigenvalue weighted by Crippen LogP contribution is -1.98. The van der Waals surface area contributed by atoms with Gasteiger partial charge in [-0.3, -0.25) is 4.40 Å². The van der Waals surface area contributed by atoms with Crippen molar-refractivity contribution >= 4 is 16.7 Å². The van der Waals surface area contributed by atoms with Gasteiger partial charge in [0.2, 0.25) is 5.65 Å². The van der Waals surface area contributed by atoms with E-state index in [1.54, 1.807) is 25.4 Å². The van der Waals surface area contributed by atoms with E-state index in [-0.39, 0.29) is 5.75 Å².